The van der Waals surface area contributed by atoms with E-state index in [1.54, 1.807) is 19.2 Å². The SMILES string of the molecule is CC(C)(C)c1ccc2c(ccc3c(-c4[c-]cccc4)nccc32)c1.Cc1[c-]c(-c2nccc3c2ccc2ccccc23)cc(C)c1.Cc1c[c-]c(-c2nccc3c2ccc2ccccc23)cc1.Cc1c[c-]c(-c2nccc3c2ccc2ccccc23)cc1.Cc1cc(-c2nccc3c2ccc2ccccc23)[c-]cc1F.Cc1ccc2c(ccc3c(-c4[c-]cccc4)nccc32)c1.[Ir].[Ir].[Ir].[Ir].[Ir].[Ir]. The third kappa shape index (κ3) is 22.3. The fraction of sp³-hybridized carbons (Fsp3) is 0.0806. The van der Waals surface area contributed by atoms with Gasteiger partial charge >= 0.3 is 0 Å². The van der Waals surface area contributed by atoms with Crippen LogP contribution < -0.4 is 0 Å². The molecule has 6 nitrogen and oxygen atoms in total. The summed E-state index contributed by atoms with van der Waals surface area (Å²) in [7, 11) is 0. The van der Waals surface area contributed by atoms with Gasteiger partial charge in [0, 0.05) is 164 Å². The standard InChI is InChI=1S/C23H20N.C21H16N.C20H13FN.3C20H14N.6Ir/c1-23(2,3)18-10-12-19-17(15-18)9-11-21-20(19)13-14-24-22(21)16-7-5-4-6-8-16;1-14-11-15(2)13-17(12-14)21-20-8-7-16-5-3-4-6-18(16)19(20)9-10-22-21;1-13-12-15(7-9-19(13)21)20-18-8-6-14-4-2-3-5-16(14)17(18)10-11-22-20;2*1-14-6-8-16(9-7-14)20-19-11-10-15-4-2-3-5-17(15)18(19)12-13-21-20;1-14-7-9-17-16(13-14)8-10-19-18(17)11-12-21-20(19)15-5-3-2-4-6-15;;;;;;/h4-7,9-15H,1-3H3;3-12H,1-2H3;2-6,8-12H,1H3;2*2-8,10-13H,1H3;2-5,7-13H,1H3;;;;;;/q6*-1;;;;;;. The summed E-state index contributed by atoms with van der Waals surface area (Å²) in [5.74, 6) is -0.241. The molecule has 0 aliphatic heterocycles. The number of pyridine rings is 6. The van der Waals surface area contributed by atoms with Gasteiger partial charge in [-0.2, -0.15) is 0 Å². The molecule has 0 N–H and O–H groups in total. The molecule has 18 aromatic carbocycles. The molecule has 0 amide bonds. The number of aryl methyl sites for hydroxylation is 6. The van der Waals surface area contributed by atoms with Crippen LogP contribution in [0.4, 0.5) is 4.39 Å². The quantitative estimate of drug-likeness (QED) is 0.122. The van der Waals surface area contributed by atoms with Crippen molar-refractivity contribution in [3.8, 4) is 67.5 Å². The van der Waals surface area contributed by atoms with Crippen molar-refractivity contribution in [2.24, 2.45) is 0 Å². The van der Waals surface area contributed by atoms with Gasteiger partial charge in [-0.05, 0) is 218 Å². The Kier molecular flexibility index (Phi) is 34.2. The number of aromatic nitrogens is 6. The number of nitrogens with zero attached hydrogens (tertiary/aromatic N) is 6. The maximum Gasteiger partial charge on any atom is 0.0408 e. The molecule has 0 spiro atoms. The maximum atomic E-state index is 13.5. The topological polar surface area (TPSA) is 77.3 Å². The van der Waals surface area contributed by atoms with Crippen molar-refractivity contribution < 1.29 is 125 Å². The molecule has 0 fully saturated rings. The summed E-state index contributed by atoms with van der Waals surface area (Å²) in [6.07, 6.45) is 11.3. The van der Waals surface area contributed by atoms with Gasteiger partial charge < -0.3 is 29.9 Å². The van der Waals surface area contributed by atoms with Crippen molar-refractivity contribution in [2.45, 2.75) is 67.7 Å². The predicted molar refractivity (Wildman–Crippen MR) is 548 cm³/mol. The van der Waals surface area contributed by atoms with Crippen LogP contribution in [0.15, 0.2) is 389 Å². The van der Waals surface area contributed by atoms with E-state index >= 15 is 0 Å². The van der Waals surface area contributed by atoms with Crippen LogP contribution in [0.25, 0.3) is 197 Å². The summed E-state index contributed by atoms with van der Waals surface area (Å²) < 4.78 is 13.5. The van der Waals surface area contributed by atoms with Crippen LogP contribution in [-0.2, 0) is 126 Å². The summed E-state index contributed by atoms with van der Waals surface area (Å²) in [5, 5.41) is 29.4. The molecule has 13 heteroatoms. The second kappa shape index (κ2) is 45.8. The van der Waals surface area contributed by atoms with E-state index in [4.69, 9.17) is 0 Å². The van der Waals surface area contributed by atoms with Gasteiger partial charge in [0.2, 0.25) is 0 Å². The van der Waals surface area contributed by atoms with Gasteiger partial charge in [0.25, 0.3) is 0 Å². The molecule has 6 aromatic heterocycles. The average molecular weight is 2840 g/mol. The molecule has 6 heterocycles. The molecular weight excluding hydrogens is 2750 g/mol. The van der Waals surface area contributed by atoms with Gasteiger partial charge in [-0.1, -0.05) is 273 Å². The monoisotopic (exact) mass is 2840 g/mol. The first-order chi connectivity index (χ1) is 64.0. The Morgan fingerprint density at radius 2 is 0.518 bits per heavy atom. The Morgan fingerprint density at radius 3 is 0.854 bits per heavy atom. The molecule has 24 rings (SSSR count). The van der Waals surface area contributed by atoms with Crippen molar-refractivity contribution in [3.63, 3.8) is 0 Å². The summed E-state index contributed by atoms with van der Waals surface area (Å²) in [6.45, 7) is 19.0. The van der Waals surface area contributed by atoms with E-state index < -0.39 is 0 Å². The van der Waals surface area contributed by atoms with Crippen molar-refractivity contribution in [2.75, 3.05) is 0 Å². The Balaban J connectivity index is 0.000000138. The first-order valence-electron chi connectivity index (χ1n) is 44.3. The van der Waals surface area contributed by atoms with Gasteiger partial charge in [0.15, 0.2) is 0 Å². The van der Waals surface area contributed by atoms with E-state index in [0.717, 1.165) is 83.9 Å². The minimum Gasteiger partial charge on any atom is -0.304 e. The molecule has 684 valence electrons. The third-order valence-corrected chi connectivity index (χ3v) is 24.4. The van der Waals surface area contributed by atoms with Gasteiger partial charge in [0.1, 0.15) is 0 Å². The largest absolute Gasteiger partial charge is 0.304 e. The molecule has 137 heavy (non-hydrogen) atoms. The number of fused-ring (bicyclic) bond motifs is 18. The van der Waals surface area contributed by atoms with Crippen LogP contribution in [0, 0.1) is 83.8 Å². The van der Waals surface area contributed by atoms with Crippen LogP contribution in [0.1, 0.15) is 59.7 Å². The molecule has 0 aliphatic carbocycles. The van der Waals surface area contributed by atoms with Crippen LogP contribution in [0.5, 0.6) is 0 Å². The molecule has 24 aromatic rings. The van der Waals surface area contributed by atoms with E-state index in [1.807, 2.05) is 97.7 Å². The molecule has 0 saturated heterocycles. The minimum absolute atomic E-state index is 0. The fourth-order valence-electron chi connectivity index (χ4n) is 17.7. The van der Waals surface area contributed by atoms with E-state index in [0.29, 0.717) is 5.56 Å². The summed E-state index contributed by atoms with van der Waals surface area (Å²) >= 11 is 0. The molecule has 0 unspecified atom stereocenters. The van der Waals surface area contributed by atoms with E-state index in [1.165, 1.54) is 152 Å². The zero-order valence-corrected chi connectivity index (χ0v) is 90.9. The van der Waals surface area contributed by atoms with Crippen molar-refractivity contribution in [1.29, 1.82) is 0 Å². The second-order valence-corrected chi connectivity index (χ2v) is 34.5. The van der Waals surface area contributed by atoms with Crippen molar-refractivity contribution in [3.05, 3.63) is 470 Å². The summed E-state index contributed by atoms with van der Waals surface area (Å²) in [5.41, 5.74) is 20.1. The molecule has 0 bridgehead atoms. The summed E-state index contributed by atoms with van der Waals surface area (Å²) in [4.78, 5) is 27.5. The van der Waals surface area contributed by atoms with Crippen LogP contribution in [0.2, 0.25) is 0 Å². The average Bonchev–Trinajstić information content (AvgIpc) is 0.777. The zero-order chi connectivity index (χ0) is 89.6. The van der Waals surface area contributed by atoms with E-state index in [2.05, 4.69) is 395 Å². The van der Waals surface area contributed by atoms with Crippen LogP contribution in [0.3, 0.4) is 0 Å². The number of halogens is 1. The number of hydrogen-bond acceptors (Lipinski definition) is 6. The number of rotatable bonds is 6. The first kappa shape index (κ1) is 102. The van der Waals surface area contributed by atoms with Gasteiger partial charge in [0.05, 0.1) is 0 Å². The number of hydrogen-bond donors (Lipinski definition) is 0. The Morgan fingerprint density at radius 1 is 0.219 bits per heavy atom. The molecule has 6 radical (unpaired) electrons. The van der Waals surface area contributed by atoms with Gasteiger partial charge in [-0.25, -0.2) is 0 Å². The smallest absolute Gasteiger partial charge is 0.0408 e. The summed E-state index contributed by atoms with van der Waals surface area (Å²) in [6, 6.07) is 141. The molecular formula is C124H91FIr6N6-6. The fourth-order valence-corrected chi connectivity index (χ4v) is 17.7. The van der Waals surface area contributed by atoms with Crippen LogP contribution in [-0.4, -0.2) is 29.9 Å². The Labute approximate surface area is 880 Å². The Hall–Kier alpha value is -12.2. The minimum atomic E-state index is -0.241. The normalized spacial score (nSPS) is 10.8. The van der Waals surface area contributed by atoms with E-state index in [9.17, 15) is 4.39 Å². The maximum absolute atomic E-state index is 13.5. The third-order valence-electron chi connectivity index (χ3n) is 24.4. The van der Waals surface area contributed by atoms with Crippen molar-refractivity contribution in [1.82, 2.24) is 29.9 Å². The molecule has 0 aliphatic rings. The first-order valence-corrected chi connectivity index (χ1v) is 44.3. The van der Waals surface area contributed by atoms with Crippen LogP contribution >= 0.6 is 0 Å². The van der Waals surface area contributed by atoms with Gasteiger partial charge in [-0.3, -0.25) is 4.39 Å². The number of benzene rings is 18. The van der Waals surface area contributed by atoms with Gasteiger partial charge in [-0.15, -0.1) is 201 Å². The van der Waals surface area contributed by atoms with Crippen molar-refractivity contribution >= 4 is 129 Å². The molecule has 0 atom stereocenters. The predicted octanol–water partition coefficient (Wildman–Crippen LogP) is 32.4. The zero-order valence-electron chi connectivity index (χ0n) is 76.5. The second-order valence-electron chi connectivity index (χ2n) is 34.5. The van der Waals surface area contributed by atoms with E-state index in [-0.39, 0.29) is 132 Å². The Bertz CT molecular complexity index is 8250. The molecule has 0 saturated carbocycles.